The lowest BCUT2D eigenvalue weighted by molar-refractivity contribution is 0.0697. The summed E-state index contributed by atoms with van der Waals surface area (Å²) in [6.07, 6.45) is 0. The van der Waals surface area contributed by atoms with E-state index in [0.717, 1.165) is 4.90 Å². The summed E-state index contributed by atoms with van der Waals surface area (Å²) in [5.74, 6) is -2.19. The van der Waals surface area contributed by atoms with E-state index < -0.39 is 23.7 Å². The van der Waals surface area contributed by atoms with Gasteiger partial charge in [0.25, 0.3) is 17.7 Å². The van der Waals surface area contributed by atoms with E-state index in [4.69, 9.17) is 4.74 Å². The highest BCUT2D eigenvalue weighted by Crippen LogP contribution is 2.30. The highest BCUT2D eigenvalue weighted by molar-refractivity contribution is 6.34. The van der Waals surface area contributed by atoms with Gasteiger partial charge in [-0.2, -0.15) is 0 Å². The zero-order valence-electron chi connectivity index (χ0n) is 17.0. The molecule has 8 heteroatoms. The number of fused-ring (bicyclic) bond motifs is 1. The molecule has 3 aromatic rings. The molecule has 2 N–H and O–H groups in total. The van der Waals surface area contributed by atoms with Crippen LogP contribution in [0, 0.1) is 0 Å². The molecular formula is C24H18N2O6. The number of hydrogen-bond acceptors (Lipinski definition) is 5. The van der Waals surface area contributed by atoms with E-state index in [-0.39, 0.29) is 27.9 Å². The summed E-state index contributed by atoms with van der Waals surface area (Å²) in [5, 5.41) is 11.8. The fourth-order valence-corrected chi connectivity index (χ4v) is 3.45. The van der Waals surface area contributed by atoms with E-state index in [1.807, 2.05) is 6.92 Å². The fourth-order valence-electron chi connectivity index (χ4n) is 3.45. The summed E-state index contributed by atoms with van der Waals surface area (Å²) in [6.45, 7) is 2.35. The van der Waals surface area contributed by atoms with Crippen LogP contribution in [0.3, 0.4) is 0 Å². The molecule has 0 saturated carbocycles. The predicted octanol–water partition coefficient (Wildman–Crippen LogP) is 3.84. The van der Waals surface area contributed by atoms with Crippen LogP contribution in [0.4, 0.5) is 11.4 Å². The number of anilines is 2. The molecule has 3 aromatic carbocycles. The summed E-state index contributed by atoms with van der Waals surface area (Å²) in [7, 11) is 0. The average Bonchev–Trinajstić information content (AvgIpc) is 3.04. The number of carboxylic acids is 1. The van der Waals surface area contributed by atoms with Gasteiger partial charge in [-0.1, -0.05) is 12.1 Å². The Morgan fingerprint density at radius 1 is 0.938 bits per heavy atom. The third-order valence-corrected chi connectivity index (χ3v) is 4.96. The molecule has 0 spiro atoms. The van der Waals surface area contributed by atoms with Crippen molar-refractivity contribution in [1.29, 1.82) is 0 Å². The Bertz CT molecular complexity index is 1250. The van der Waals surface area contributed by atoms with E-state index in [9.17, 15) is 24.3 Å². The molecule has 0 atom stereocenters. The zero-order valence-corrected chi connectivity index (χ0v) is 17.0. The first-order valence-electron chi connectivity index (χ1n) is 9.80. The summed E-state index contributed by atoms with van der Waals surface area (Å²) in [4.78, 5) is 50.9. The van der Waals surface area contributed by atoms with Gasteiger partial charge in [0.2, 0.25) is 0 Å². The van der Waals surface area contributed by atoms with Gasteiger partial charge in [0, 0.05) is 5.56 Å². The van der Waals surface area contributed by atoms with Crippen LogP contribution in [0.5, 0.6) is 5.75 Å². The number of hydrogen-bond donors (Lipinski definition) is 2. The number of nitrogens with zero attached hydrogens (tertiary/aromatic N) is 1. The third kappa shape index (κ3) is 3.69. The predicted molar refractivity (Wildman–Crippen MR) is 117 cm³/mol. The first-order valence-corrected chi connectivity index (χ1v) is 9.80. The summed E-state index contributed by atoms with van der Waals surface area (Å²) < 4.78 is 5.38. The van der Waals surface area contributed by atoms with Gasteiger partial charge in [-0.3, -0.25) is 14.4 Å². The van der Waals surface area contributed by atoms with E-state index >= 15 is 0 Å². The van der Waals surface area contributed by atoms with Gasteiger partial charge in [-0.05, 0) is 61.5 Å². The number of ether oxygens (including phenoxy) is 1. The van der Waals surface area contributed by atoms with Crippen molar-refractivity contribution in [3.63, 3.8) is 0 Å². The molecule has 32 heavy (non-hydrogen) atoms. The second-order valence-electron chi connectivity index (χ2n) is 6.94. The second kappa shape index (κ2) is 8.35. The topological polar surface area (TPSA) is 113 Å². The second-order valence-corrected chi connectivity index (χ2v) is 6.94. The van der Waals surface area contributed by atoms with Crippen molar-refractivity contribution in [2.24, 2.45) is 0 Å². The Labute approximate surface area is 183 Å². The summed E-state index contributed by atoms with van der Waals surface area (Å²) in [6, 6.07) is 16.7. The van der Waals surface area contributed by atoms with Crippen molar-refractivity contribution in [2.45, 2.75) is 6.92 Å². The number of carbonyl (C=O) groups is 4. The molecule has 1 aliphatic heterocycles. The molecule has 1 heterocycles. The molecule has 1 aliphatic rings. The monoisotopic (exact) mass is 430 g/mol. The molecule has 4 rings (SSSR count). The number of carboxylic acid groups (broad SMARTS) is 1. The van der Waals surface area contributed by atoms with Crippen LogP contribution in [0.25, 0.3) is 0 Å². The van der Waals surface area contributed by atoms with Crippen LogP contribution in [0.2, 0.25) is 0 Å². The molecule has 160 valence electrons. The SMILES string of the molecule is CCOc1ccc(N2C(=O)c3ccc(C(=O)Nc4ccccc4C(=O)O)cc3C2=O)cc1. The number of carbonyl (C=O) groups excluding carboxylic acids is 3. The quantitative estimate of drug-likeness (QED) is 0.575. The first kappa shape index (κ1) is 20.8. The maximum atomic E-state index is 13.0. The number of para-hydroxylation sites is 1. The molecule has 8 nitrogen and oxygen atoms in total. The highest BCUT2D eigenvalue weighted by Gasteiger charge is 2.37. The minimum atomic E-state index is -1.18. The van der Waals surface area contributed by atoms with Gasteiger partial charge in [-0.25, -0.2) is 9.69 Å². The van der Waals surface area contributed by atoms with Crippen molar-refractivity contribution >= 4 is 35.1 Å². The lowest BCUT2D eigenvalue weighted by atomic mass is 10.0. The van der Waals surface area contributed by atoms with E-state index in [1.165, 1.54) is 30.3 Å². The largest absolute Gasteiger partial charge is 0.494 e. The van der Waals surface area contributed by atoms with Crippen LogP contribution in [0.15, 0.2) is 66.7 Å². The number of rotatable bonds is 6. The molecule has 3 amide bonds. The lowest BCUT2D eigenvalue weighted by Gasteiger charge is -2.14. The van der Waals surface area contributed by atoms with Crippen LogP contribution in [0.1, 0.15) is 48.4 Å². The number of amides is 3. The van der Waals surface area contributed by atoms with Gasteiger partial charge in [0.1, 0.15) is 5.75 Å². The van der Waals surface area contributed by atoms with Crippen molar-refractivity contribution in [1.82, 2.24) is 0 Å². The first-order chi connectivity index (χ1) is 15.4. The smallest absolute Gasteiger partial charge is 0.337 e. The van der Waals surface area contributed by atoms with Crippen LogP contribution in [-0.4, -0.2) is 35.4 Å². The number of nitrogens with one attached hydrogen (secondary N) is 1. The van der Waals surface area contributed by atoms with Gasteiger partial charge >= 0.3 is 5.97 Å². The lowest BCUT2D eigenvalue weighted by Crippen LogP contribution is -2.29. The summed E-state index contributed by atoms with van der Waals surface area (Å²) >= 11 is 0. The Morgan fingerprint density at radius 3 is 2.31 bits per heavy atom. The van der Waals surface area contributed by atoms with Crippen LogP contribution < -0.4 is 15.0 Å². The normalized spacial score (nSPS) is 12.5. The molecule has 0 radical (unpaired) electrons. The van der Waals surface area contributed by atoms with Crippen molar-refractivity contribution in [2.75, 3.05) is 16.8 Å². The van der Waals surface area contributed by atoms with E-state index in [0.29, 0.717) is 18.0 Å². The van der Waals surface area contributed by atoms with Gasteiger partial charge in [0.05, 0.1) is 34.7 Å². The molecule has 0 aliphatic carbocycles. The number of benzene rings is 3. The van der Waals surface area contributed by atoms with Gasteiger partial charge in [0.15, 0.2) is 0 Å². The van der Waals surface area contributed by atoms with Crippen molar-refractivity contribution in [3.8, 4) is 5.75 Å². The maximum absolute atomic E-state index is 13.0. The van der Waals surface area contributed by atoms with E-state index in [2.05, 4.69) is 5.32 Å². The Morgan fingerprint density at radius 2 is 1.62 bits per heavy atom. The van der Waals surface area contributed by atoms with E-state index in [1.54, 1.807) is 36.4 Å². The molecule has 0 saturated heterocycles. The van der Waals surface area contributed by atoms with Crippen molar-refractivity contribution in [3.05, 3.63) is 89.0 Å². The standard InChI is InChI=1S/C24H18N2O6/c1-2-32-16-10-8-15(9-11-16)26-22(28)17-12-7-14(13-19(17)23(26)29)21(27)25-20-6-4-3-5-18(20)24(30)31/h3-13H,2H2,1H3,(H,25,27)(H,30,31). The molecular weight excluding hydrogens is 412 g/mol. The van der Waals surface area contributed by atoms with Crippen LogP contribution >= 0.6 is 0 Å². The average molecular weight is 430 g/mol. The molecule has 0 unspecified atom stereocenters. The Hall–Kier alpha value is -4.46. The van der Waals surface area contributed by atoms with Crippen LogP contribution in [-0.2, 0) is 0 Å². The molecule has 0 bridgehead atoms. The Balaban J connectivity index is 1.60. The molecule has 0 fully saturated rings. The van der Waals surface area contributed by atoms with Crippen molar-refractivity contribution < 1.29 is 29.0 Å². The third-order valence-electron chi connectivity index (χ3n) is 4.96. The molecule has 0 aromatic heterocycles. The maximum Gasteiger partial charge on any atom is 0.337 e. The minimum Gasteiger partial charge on any atom is -0.494 e. The highest BCUT2D eigenvalue weighted by atomic mass is 16.5. The number of imide groups is 1. The number of aromatic carboxylic acids is 1. The van der Waals surface area contributed by atoms with Gasteiger partial charge < -0.3 is 15.2 Å². The Kier molecular flexibility index (Phi) is 5.43. The van der Waals surface area contributed by atoms with Gasteiger partial charge in [-0.15, -0.1) is 0 Å². The fraction of sp³-hybridized carbons (Fsp3) is 0.0833. The summed E-state index contributed by atoms with van der Waals surface area (Å²) in [5.41, 5.74) is 0.868. The zero-order chi connectivity index (χ0) is 22.8. The minimum absolute atomic E-state index is 0.0602.